The molecular formula is C13H17N3O5. The molecule has 1 aromatic rings. The zero-order chi connectivity index (χ0) is 15.4. The van der Waals surface area contributed by atoms with Gasteiger partial charge in [0, 0.05) is 25.6 Å². The zero-order valence-electron chi connectivity index (χ0n) is 11.4. The highest BCUT2D eigenvalue weighted by molar-refractivity contribution is 5.95. The molecular weight excluding hydrogens is 278 g/mol. The summed E-state index contributed by atoms with van der Waals surface area (Å²) >= 11 is 0. The van der Waals surface area contributed by atoms with E-state index in [9.17, 15) is 14.9 Å². The fraction of sp³-hybridized carbons (Fsp3) is 0.462. The van der Waals surface area contributed by atoms with Crippen molar-refractivity contribution in [2.24, 2.45) is 0 Å². The lowest BCUT2D eigenvalue weighted by atomic mass is 10.0. The summed E-state index contributed by atoms with van der Waals surface area (Å²) in [6, 6.07) is 2.99. The van der Waals surface area contributed by atoms with Crippen molar-refractivity contribution < 1.29 is 19.9 Å². The number of aryl methyl sites for hydroxylation is 1. The van der Waals surface area contributed by atoms with E-state index < -0.39 is 4.92 Å². The van der Waals surface area contributed by atoms with Crippen LogP contribution < -0.4 is 10.2 Å². The number of nitrogens with zero attached hydrogens (tertiary/aromatic N) is 2. The van der Waals surface area contributed by atoms with E-state index in [-0.39, 0.29) is 37.9 Å². The predicted molar refractivity (Wildman–Crippen MR) is 76.4 cm³/mol. The van der Waals surface area contributed by atoms with Gasteiger partial charge in [0.15, 0.2) is 0 Å². The number of benzene rings is 1. The minimum absolute atomic E-state index is 0.155. The Morgan fingerprint density at radius 3 is 2.48 bits per heavy atom. The second kappa shape index (κ2) is 6.51. The van der Waals surface area contributed by atoms with Crippen molar-refractivity contribution >= 4 is 23.0 Å². The minimum Gasteiger partial charge on any atom is -0.395 e. The van der Waals surface area contributed by atoms with Crippen LogP contribution in [0.5, 0.6) is 0 Å². The maximum atomic E-state index is 11.4. The van der Waals surface area contributed by atoms with Crippen LogP contribution in [-0.2, 0) is 11.2 Å². The number of nitro groups is 1. The van der Waals surface area contributed by atoms with Gasteiger partial charge in [-0.3, -0.25) is 14.9 Å². The second-order valence-electron chi connectivity index (χ2n) is 4.74. The minimum atomic E-state index is -0.530. The van der Waals surface area contributed by atoms with E-state index in [2.05, 4.69) is 5.32 Å². The molecule has 0 aromatic heterocycles. The summed E-state index contributed by atoms with van der Waals surface area (Å²) in [4.78, 5) is 23.7. The molecule has 114 valence electrons. The van der Waals surface area contributed by atoms with E-state index in [4.69, 9.17) is 10.2 Å². The van der Waals surface area contributed by atoms with Crippen LogP contribution in [0.15, 0.2) is 12.1 Å². The smallest absolute Gasteiger partial charge is 0.294 e. The van der Waals surface area contributed by atoms with Crippen LogP contribution in [0.3, 0.4) is 0 Å². The first-order valence-electron chi connectivity index (χ1n) is 6.64. The van der Waals surface area contributed by atoms with Gasteiger partial charge in [-0.1, -0.05) is 0 Å². The van der Waals surface area contributed by atoms with Gasteiger partial charge in [0.25, 0.3) is 5.69 Å². The van der Waals surface area contributed by atoms with E-state index in [1.165, 1.54) is 6.07 Å². The van der Waals surface area contributed by atoms with Crippen molar-refractivity contribution in [1.82, 2.24) is 0 Å². The molecule has 1 aliphatic heterocycles. The number of hydrogen-bond acceptors (Lipinski definition) is 6. The third-order valence-electron chi connectivity index (χ3n) is 3.37. The monoisotopic (exact) mass is 295 g/mol. The van der Waals surface area contributed by atoms with Crippen LogP contribution in [0, 0.1) is 10.1 Å². The van der Waals surface area contributed by atoms with Crippen molar-refractivity contribution in [2.75, 3.05) is 36.5 Å². The van der Waals surface area contributed by atoms with Gasteiger partial charge in [-0.15, -0.1) is 0 Å². The van der Waals surface area contributed by atoms with Gasteiger partial charge in [-0.05, 0) is 18.1 Å². The third-order valence-corrected chi connectivity index (χ3v) is 3.37. The molecule has 0 saturated heterocycles. The molecule has 8 nitrogen and oxygen atoms in total. The van der Waals surface area contributed by atoms with Crippen LogP contribution >= 0.6 is 0 Å². The van der Waals surface area contributed by atoms with Gasteiger partial charge >= 0.3 is 0 Å². The largest absolute Gasteiger partial charge is 0.395 e. The lowest BCUT2D eigenvalue weighted by molar-refractivity contribution is -0.384. The number of amides is 1. The molecule has 2 rings (SSSR count). The summed E-state index contributed by atoms with van der Waals surface area (Å²) in [6.45, 7) is 0.0229. The molecule has 1 aromatic carbocycles. The third kappa shape index (κ3) is 3.29. The molecule has 0 atom stereocenters. The van der Waals surface area contributed by atoms with Gasteiger partial charge in [0.05, 0.1) is 23.8 Å². The van der Waals surface area contributed by atoms with E-state index in [1.54, 1.807) is 11.0 Å². The Morgan fingerprint density at radius 1 is 1.24 bits per heavy atom. The summed E-state index contributed by atoms with van der Waals surface area (Å²) in [6.07, 6.45) is 0.850. The fourth-order valence-corrected chi connectivity index (χ4v) is 2.40. The van der Waals surface area contributed by atoms with Crippen LogP contribution in [0.4, 0.5) is 17.1 Å². The van der Waals surface area contributed by atoms with E-state index >= 15 is 0 Å². The summed E-state index contributed by atoms with van der Waals surface area (Å²) in [5, 5.41) is 32.0. The Bertz CT molecular complexity index is 555. The molecule has 1 heterocycles. The highest BCUT2D eigenvalue weighted by Crippen LogP contribution is 2.36. The number of anilines is 2. The number of carbonyl (C=O) groups excluding carboxylic acids is 1. The average Bonchev–Trinajstić information content (AvgIpc) is 2.45. The van der Waals surface area contributed by atoms with Gasteiger partial charge in [0.2, 0.25) is 5.91 Å². The number of hydrogen-bond donors (Lipinski definition) is 3. The Labute approximate surface area is 121 Å². The molecule has 1 aliphatic rings. The molecule has 0 fully saturated rings. The summed E-state index contributed by atoms with van der Waals surface area (Å²) in [5.74, 6) is -0.160. The van der Waals surface area contributed by atoms with Crippen LogP contribution in [0.2, 0.25) is 0 Å². The quantitative estimate of drug-likeness (QED) is 0.512. The second-order valence-corrected chi connectivity index (χ2v) is 4.74. The van der Waals surface area contributed by atoms with Crippen molar-refractivity contribution in [3.05, 3.63) is 27.8 Å². The van der Waals surface area contributed by atoms with Gasteiger partial charge < -0.3 is 20.4 Å². The first kappa shape index (κ1) is 15.2. The summed E-state index contributed by atoms with van der Waals surface area (Å²) in [7, 11) is 0. The number of aliphatic hydroxyl groups is 2. The maximum absolute atomic E-state index is 11.4. The molecule has 0 aliphatic carbocycles. The molecule has 3 N–H and O–H groups in total. The molecule has 8 heteroatoms. The van der Waals surface area contributed by atoms with E-state index in [0.717, 1.165) is 5.56 Å². The Balaban J connectivity index is 2.47. The number of fused-ring (bicyclic) bond motifs is 1. The normalized spacial score (nSPS) is 13.5. The lowest BCUT2D eigenvalue weighted by Gasteiger charge is -2.25. The molecule has 0 saturated carbocycles. The molecule has 21 heavy (non-hydrogen) atoms. The summed E-state index contributed by atoms with van der Waals surface area (Å²) in [5.41, 5.74) is 1.46. The summed E-state index contributed by atoms with van der Waals surface area (Å²) < 4.78 is 0. The van der Waals surface area contributed by atoms with Crippen molar-refractivity contribution in [3.8, 4) is 0 Å². The van der Waals surface area contributed by atoms with Gasteiger partial charge in [-0.2, -0.15) is 0 Å². The predicted octanol–water partition coefficient (Wildman–Crippen LogP) is 0.271. The highest BCUT2D eigenvalue weighted by atomic mass is 16.6. The maximum Gasteiger partial charge on any atom is 0.294 e. The number of nitrogens with one attached hydrogen (secondary N) is 1. The first-order chi connectivity index (χ1) is 10.1. The van der Waals surface area contributed by atoms with Crippen molar-refractivity contribution in [1.29, 1.82) is 0 Å². The van der Waals surface area contributed by atoms with Crippen molar-refractivity contribution in [2.45, 2.75) is 12.8 Å². The van der Waals surface area contributed by atoms with Crippen LogP contribution in [0.1, 0.15) is 12.0 Å². The molecule has 0 bridgehead atoms. The van der Waals surface area contributed by atoms with Crippen LogP contribution in [0.25, 0.3) is 0 Å². The fourth-order valence-electron chi connectivity index (χ4n) is 2.40. The number of aliphatic hydroxyl groups excluding tert-OH is 2. The molecule has 0 unspecified atom stereocenters. The number of carbonyl (C=O) groups is 1. The Morgan fingerprint density at radius 2 is 1.90 bits per heavy atom. The standard InChI is InChI=1S/C13H17N3O5/c17-5-3-15(4-6-18)11-7-9-1-2-13(19)14-10(9)8-12(11)16(20)21/h7-8,17-18H,1-6H2,(H,14,19). The molecule has 0 radical (unpaired) electrons. The first-order valence-corrected chi connectivity index (χ1v) is 6.64. The Kier molecular flexibility index (Phi) is 4.71. The lowest BCUT2D eigenvalue weighted by Crippen LogP contribution is -2.30. The van der Waals surface area contributed by atoms with Crippen LogP contribution in [-0.4, -0.2) is 47.3 Å². The number of nitro benzene ring substituents is 1. The average molecular weight is 295 g/mol. The van der Waals surface area contributed by atoms with Crippen molar-refractivity contribution in [3.63, 3.8) is 0 Å². The van der Waals surface area contributed by atoms with Gasteiger partial charge in [0.1, 0.15) is 5.69 Å². The zero-order valence-corrected chi connectivity index (χ0v) is 11.4. The topological polar surface area (TPSA) is 116 Å². The van der Waals surface area contributed by atoms with E-state index in [0.29, 0.717) is 24.2 Å². The molecule has 1 amide bonds. The SMILES string of the molecule is O=C1CCc2cc(N(CCO)CCO)c([N+](=O)[O-])cc2N1. The Hall–Kier alpha value is -2.19. The number of rotatable bonds is 6. The van der Waals surface area contributed by atoms with E-state index in [1.807, 2.05) is 0 Å². The van der Waals surface area contributed by atoms with Gasteiger partial charge in [-0.25, -0.2) is 0 Å². The molecule has 0 spiro atoms. The highest BCUT2D eigenvalue weighted by Gasteiger charge is 2.25.